The van der Waals surface area contributed by atoms with E-state index >= 15 is 0 Å². The van der Waals surface area contributed by atoms with Crippen molar-refractivity contribution in [1.82, 2.24) is 5.32 Å². The number of halogens is 1. The molecule has 1 aromatic rings. The molecule has 2 heterocycles. The molecule has 2 rings (SSSR count). The van der Waals surface area contributed by atoms with Gasteiger partial charge >= 0.3 is 0 Å². The third-order valence-corrected chi connectivity index (χ3v) is 3.36. The summed E-state index contributed by atoms with van der Waals surface area (Å²) in [5, 5.41) is 3.42. The Bertz CT molecular complexity index is 252. The van der Waals surface area contributed by atoms with Crippen molar-refractivity contribution in [3.05, 3.63) is 21.3 Å². The van der Waals surface area contributed by atoms with E-state index in [4.69, 9.17) is 11.6 Å². The van der Waals surface area contributed by atoms with Gasteiger partial charge in [-0.25, -0.2) is 0 Å². The van der Waals surface area contributed by atoms with E-state index in [0.717, 1.165) is 4.34 Å². The van der Waals surface area contributed by atoms with E-state index in [1.54, 1.807) is 11.3 Å². The van der Waals surface area contributed by atoms with Crippen molar-refractivity contribution in [2.75, 3.05) is 0 Å². The van der Waals surface area contributed by atoms with Crippen LogP contribution < -0.4 is 5.32 Å². The van der Waals surface area contributed by atoms with Crippen LogP contribution in [0, 0.1) is 0 Å². The molecule has 0 aliphatic carbocycles. The molecule has 0 amide bonds. The Morgan fingerprint density at radius 3 is 2.82 bits per heavy atom. The molecular formula is C8H10ClNS. The highest BCUT2D eigenvalue weighted by Gasteiger charge is 2.26. The number of hydrogen-bond donors (Lipinski definition) is 1. The van der Waals surface area contributed by atoms with Crippen LogP contribution in [0.25, 0.3) is 0 Å². The molecule has 0 radical (unpaired) electrons. The van der Waals surface area contributed by atoms with Crippen molar-refractivity contribution < 1.29 is 0 Å². The molecule has 0 saturated carbocycles. The van der Waals surface area contributed by atoms with Gasteiger partial charge in [-0.3, -0.25) is 0 Å². The maximum atomic E-state index is 5.81. The van der Waals surface area contributed by atoms with Crippen molar-refractivity contribution in [3.8, 4) is 0 Å². The van der Waals surface area contributed by atoms with Gasteiger partial charge in [-0.1, -0.05) is 11.6 Å². The van der Waals surface area contributed by atoms with Crippen LogP contribution >= 0.6 is 22.9 Å². The first-order chi connectivity index (χ1) is 5.25. The average molecular weight is 188 g/mol. The highest BCUT2D eigenvalue weighted by atomic mass is 35.5. The average Bonchev–Trinajstić information content (AvgIpc) is 2.29. The molecule has 1 aliphatic rings. The minimum atomic E-state index is 0.572. The van der Waals surface area contributed by atoms with Gasteiger partial charge in [-0.05, 0) is 25.5 Å². The summed E-state index contributed by atoms with van der Waals surface area (Å²) in [6, 6.07) is 5.33. The van der Waals surface area contributed by atoms with E-state index in [0.29, 0.717) is 12.1 Å². The predicted molar refractivity (Wildman–Crippen MR) is 49.3 cm³/mol. The van der Waals surface area contributed by atoms with Crippen molar-refractivity contribution in [2.45, 2.75) is 25.4 Å². The van der Waals surface area contributed by atoms with E-state index in [-0.39, 0.29) is 0 Å². The van der Waals surface area contributed by atoms with Crippen LogP contribution in [-0.4, -0.2) is 6.04 Å². The Morgan fingerprint density at radius 2 is 2.36 bits per heavy atom. The van der Waals surface area contributed by atoms with Crippen LogP contribution in [0.1, 0.15) is 24.3 Å². The molecule has 2 unspecified atom stereocenters. The lowest BCUT2D eigenvalue weighted by Crippen LogP contribution is -2.43. The molecule has 1 nitrogen and oxygen atoms in total. The first-order valence-corrected chi connectivity index (χ1v) is 4.96. The lowest BCUT2D eigenvalue weighted by atomic mass is 9.98. The number of thiophene rings is 1. The van der Waals surface area contributed by atoms with Gasteiger partial charge in [0.1, 0.15) is 0 Å². The summed E-state index contributed by atoms with van der Waals surface area (Å²) < 4.78 is 0.890. The summed E-state index contributed by atoms with van der Waals surface area (Å²) in [6.07, 6.45) is 1.25. The van der Waals surface area contributed by atoms with E-state index in [1.165, 1.54) is 11.3 Å². The highest BCUT2D eigenvalue weighted by Crippen LogP contribution is 2.33. The summed E-state index contributed by atoms with van der Waals surface area (Å²) in [7, 11) is 0. The molecule has 1 aromatic heterocycles. The normalized spacial score (nSPS) is 30.0. The van der Waals surface area contributed by atoms with Gasteiger partial charge in [0.05, 0.1) is 4.34 Å². The Kier molecular flexibility index (Phi) is 1.91. The zero-order valence-electron chi connectivity index (χ0n) is 6.30. The quantitative estimate of drug-likeness (QED) is 0.713. The highest BCUT2D eigenvalue weighted by molar-refractivity contribution is 7.16. The molecule has 0 bridgehead atoms. The van der Waals surface area contributed by atoms with Gasteiger partial charge in [0.2, 0.25) is 0 Å². The van der Waals surface area contributed by atoms with E-state index in [2.05, 4.69) is 18.3 Å². The molecule has 1 aliphatic heterocycles. The summed E-state index contributed by atoms with van der Waals surface area (Å²) in [5.74, 6) is 0. The smallest absolute Gasteiger partial charge is 0.0931 e. The number of nitrogens with one attached hydrogen (secondary N) is 1. The topological polar surface area (TPSA) is 12.0 Å². The predicted octanol–water partition coefficient (Wildman–Crippen LogP) is 2.82. The van der Waals surface area contributed by atoms with Gasteiger partial charge in [-0.15, -0.1) is 11.3 Å². The molecule has 3 heteroatoms. The molecule has 0 spiro atoms. The summed E-state index contributed by atoms with van der Waals surface area (Å²) in [6.45, 7) is 2.20. The van der Waals surface area contributed by atoms with E-state index in [1.807, 2.05) is 6.07 Å². The lowest BCUT2D eigenvalue weighted by Gasteiger charge is -2.34. The second-order valence-electron chi connectivity index (χ2n) is 3.00. The third kappa shape index (κ3) is 1.43. The van der Waals surface area contributed by atoms with Gasteiger partial charge in [0, 0.05) is 17.0 Å². The fourth-order valence-electron chi connectivity index (χ4n) is 1.39. The zero-order valence-corrected chi connectivity index (χ0v) is 7.88. The summed E-state index contributed by atoms with van der Waals surface area (Å²) in [4.78, 5) is 1.37. The second-order valence-corrected chi connectivity index (χ2v) is 4.74. The van der Waals surface area contributed by atoms with Gasteiger partial charge in [0.15, 0.2) is 0 Å². The molecule has 11 heavy (non-hydrogen) atoms. The Hall–Kier alpha value is -0.0500. The standard InChI is InChI=1S/C8H10ClNS/c1-5-4-6(10-5)7-2-3-8(9)11-7/h2-3,5-6,10H,4H2,1H3. The van der Waals surface area contributed by atoms with Crippen LogP contribution in [0.2, 0.25) is 4.34 Å². The molecule has 1 saturated heterocycles. The van der Waals surface area contributed by atoms with Crippen LogP contribution in [-0.2, 0) is 0 Å². The molecule has 1 N–H and O–H groups in total. The Labute approximate surface area is 75.4 Å². The van der Waals surface area contributed by atoms with Crippen LogP contribution in [0.5, 0.6) is 0 Å². The fourth-order valence-corrected chi connectivity index (χ4v) is 2.52. The van der Waals surface area contributed by atoms with Crippen molar-refractivity contribution in [3.63, 3.8) is 0 Å². The van der Waals surface area contributed by atoms with Gasteiger partial charge in [-0.2, -0.15) is 0 Å². The van der Waals surface area contributed by atoms with Crippen molar-refractivity contribution >= 4 is 22.9 Å². The number of hydrogen-bond acceptors (Lipinski definition) is 2. The largest absolute Gasteiger partial charge is 0.307 e. The van der Waals surface area contributed by atoms with Crippen LogP contribution in [0.15, 0.2) is 12.1 Å². The molecular weight excluding hydrogens is 178 g/mol. The zero-order chi connectivity index (χ0) is 7.84. The first kappa shape index (κ1) is 7.59. The minimum Gasteiger partial charge on any atom is -0.307 e. The maximum Gasteiger partial charge on any atom is 0.0931 e. The molecule has 1 fully saturated rings. The van der Waals surface area contributed by atoms with Crippen molar-refractivity contribution in [1.29, 1.82) is 0 Å². The van der Waals surface area contributed by atoms with Gasteiger partial charge < -0.3 is 5.32 Å². The lowest BCUT2D eigenvalue weighted by molar-refractivity contribution is 0.292. The second kappa shape index (κ2) is 2.77. The first-order valence-electron chi connectivity index (χ1n) is 3.77. The minimum absolute atomic E-state index is 0.572. The maximum absolute atomic E-state index is 5.81. The van der Waals surface area contributed by atoms with E-state index < -0.39 is 0 Å². The van der Waals surface area contributed by atoms with Crippen LogP contribution in [0.3, 0.4) is 0 Å². The molecule has 2 atom stereocenters. The van der Waals surface area contributed by atoms with Crippen LogP contribution in [0.4, 0.5) is 0 Å². The summed E-state index contributed by atoms with van der Waals surface area (Å²) in [5.41, 5.74) is 0. The SMILES string of the molecule is CC1CC(c2ccc(Cl)s2)N1. The fraction of sp³-hybridized carbons (Fsp3) is 0.500. The Morgan fingerprint density at radius 1 is 1.64 bits per heavy atom. The third-order valence-electron chi connectivity index (χ3n) is 2.01. The molecule has 60 valence electrons. The Balaban J connectivity index is 2.07. The van der Waals surface area contributed by atoms with Crippen molar-refractivity contribution in [2.24, 2.45) is 0 Å². The molecule has 0 aromatic carbocycles. The summed E-state index contributed by atoms with van der Waals surface area (Å²) >= 11 is 7.49. The monoisotopic (exact) mass is 187 g/mol. The van der Waals surface area contributed by atoms with Gasteiger partial charge in [0.25, 0.3) is 0 Å². The van der Waals surface area contributed by atoms with E-state index in [9.17, 15) is 0 Å². The number of rotatable bonds is 1.